The number of nitrogens with zero attached hydrogens (tertiary/aromatic N) is 1. The molecular formula is C13H15ClN2O2. The van der Waals surface area contributed by atoms with Gasteiger partial charge in [-0.3, -0.25) is 4.79 Å². The molecule has 0 spiro atoms. The minimum atomic E-state index is -1.04. The van der Waals surface area contributed by atoms with Gasteiger partial charge in [0.05, 0.1) is 10.5 Å². The summed E-state index contributed by atoms with van der Waals surface area (Å²) in [5, 5.41) is 10.4. The van der Waals surface area contributed by atoms with Gasteiger partial charge >= 0.3 is 5.97 Å². The Bertz CT molecular complexity index is 604. The van der Waals surface area contributed by atoms with Gasteiger partial charge in [-0.25, -0.2) is 0 Å². The molecule has 0 fully saturated rings. The molecule has 0 saturated carbocycles. The van der Waals surface area contributed by atoms with E-state index in [0.29, 0.717) is 10.6 Å². The first-order chi connectivity index (χ1) is 8.43. The van der Waals surface area contributed by atoms with Crippen molar-refractivity contribution in [2.24, 2.45) is 5.73 Å². The summed E-state index contributed by atoms with van der Waals surface area (Å²) in [4.78, 5) is 11.0. The normalized spacial score (nSPS) is 13.2. The van der Waals surface area contributed by atoms with Crippen molar-refractivity contribution in [2.45, 2.75) is 25.9 Å². The number of fused-ring (bicyclic) bond motifs is 1. The maximum Gasteiger partial charge on any atom is 0.325 e. The van der Waals surface area contributed by atoms with E-state index in [0.717, 1.165) is 10.9 Å². The van der Waals surface area contributed by atoms with E-state index in [1.165, 1.54) is 0 Å². The Morgan fingerprint density at radius 2 is 2.11 bits per heavy atom. The summed E-state index contributed by atoms with van der Waals surface area (Å²) in [5.74, 6) is -1.04. The molecule has 0 bridgehead atoms. The fraction of sp³-hybridized carbons (Fsp3) is 0.308. The third-order valence-corrected chi connectivity index (χ3v) is 3.30. The summed E-state index contributed by atoms with van der Waals surface area (Å²) in [6, 6.07) is 4.58. The van der Waals surface area contributed by atoms with Crippen LogP contribution >= 0.6 is 11.6 Å². The predicted molar refractivity (Wildman–Crippen MR) is 71.9 cm³/mol. The lowest BCUT2D eigenvalue weighted by molar-refractivity contribution is -0.138. The highest BCUT2D eigenvalue weighted by Crippen LogP contribution is 2.32. The average molecular weight is 267 g/mol. The topological polar surface area (TPSA) is 68.2 Å². The molecule has 18 heavy (non-hydrogen) atoms. The zero-order chi connectivity index (χ0) is 13.4. The number of hydrogen-bond donors (Lipinski definition) is 2. The van der Waals surface area contributed by atoms with Crippen LogP contribution in [0.2, 0.25) is 5.02 Å². The molecule has 1 unspecified atom stereocenters. The Balaban J connectivity index is 2.77. The van der Waals surface area contributed by atoms with Gasteiger partial charge in [-0.1, -0.05) is 23.7 Å². The second-order valence-corrected chi connectivity index (χ2v) is 4.94. The fourth-order valence-electron chi connectivity index (χ4n) is 2.08. The summed E-state index contributed by atoms with van der Waals surface area (Å²) >= 11 is 6.19. The lowest BCUT2D eigenvalue weighted by Gasteiger charge is -2.09. The molecule has 96 valence electrons. The highest BCUT2D eigenvalue weighted by molar-refractivity contribution is 6.35. The highest BCUT2D eigenvalue weighted by Gasteiger charge is 2.21. The van der Waals surface area contributed by atoms with Crippen molar-refractivity contribution in [1.29, 1.82) is 0 Å². The number of aliphatic carboxylic acids is 1. The van der Waals surface area contributed by atoms with E-state index in [9.17, 15) is 4.79 Å². The zero-order valence-corrected chi connectivity index (χ0v) is 11.0. The van der Waals surface area contributed by atoms with Crippen LogP contribution in [-0.4, -0.2) is 15.6 Å². The Hall–Kier alpha value is -1.52. The quantitative estimate of drug-likeness (QED) is 0.897. The second kappa shape index (κ2) is 4.63. The third-order valence-electron chi connectivity index (χ3n) is 2.99. The highest BCUT2D eigenvalue weighted by atomic mass is 35.5. The van der Waals surface area contributed by atoms with Crippen LogP contribution in [-0.2, 0) is 4.79 Å². The van der Waals surface area contributed by atoms with E-state index in [2.05, 4.69) is 0 Å². The number of carboxylic acid groups (broad SMARTS) is 1. The summed E-state index contributed by atoms with van der Waals surface area (Å²) in [6.45, 7) is 4.03. The Morgan fingerprint density at radius 3 is 2.67 bits per heavy atom. The van der Waals surface area contributed by atoms with Crippen molar-refractivity contribution in [1.82, 2.24) is 4.57 Å². The maximum atomic E-state index is 11.0. The van der Waals surface area contributed by atoms with Gasteiger partial charge in [0.1, 0.15) is 6.04 Å². The first kappa shape index (κ1) is 12.9. The van der Waals surface area contributed by atoms with E-state index in [1.807, 2.05) is 24.5 Å². The van der Waals surface area contributed by atoms with Gasteiger partial charge in [0.15, 0.2) is 0 Å². The van der Waals surface area contributed by atoms with Gasteiger partial charge in [-0.05, 0) is 19.9 Å². The molecule has 1 aromatic heterocycles. The van der Waals surface area contributed by atoms with Gasteiger partial charge in [0.2, 0.25) is 0 Å². The number of carboxylic acids is 1. The summed E-state index contributed by atoms with van der Waals surface area (Å²) in [5.41, 5.74) is 7.14. The molecule has 0 aliphatic heterocycles. The van der Waals surface area contributed by atoms with Crippen molar-refractivity contribution in [3.63, 3.8) is 0 Å². The van der Waals surface area contributed by atoms with Gasteiger partial charge in [0, 0.05) is 23.2 Å². The molecule has 0 aliphatic rings. The Labute approximate surface area is 110 Å². The molecule has 0 aliphatic carbocycles. The lowest BCUT2D eigenvalue weighted by atomic mass is 10.1. The number of carbonyl (C=O) groups is 1. The molecule has 3 N–H and O–H groups in total. The van der Waals surface area contributed by atoms with E-state index in [1.54, 1.807) is 18.3 Å². The minimum Gasteiger partial charge on any atom is -0.480 e. The number of nitrogens with two attached hydrogens (primary N) is 1. The summed E-state index contributed by atoms with van der Waals surface area (Å²) < 4.78 is 1.95. The van der Waals surface area contributed by atoms with Crippen LogP contribution in [0.4, 0.5) is 0 Å². The number of para-hydroxylation sites is 1. The van der Waals surface area contributed by atoms with Crippen LogP contribution in [0.3, 0.4) is 0 Å². The van der Waals surface area contributed by atoms with Crippen LogP contribution in [0.25, 0.3) is 10.9 Å². The standard InChI is InChI=1S/C13H15ClN2O2/c1-7(2)16-6-9(11(15)13(17)18)8-4-3-5-10(14)12(8)16/h3-7,11H,15H2,1-2H3,(H,17,18). The van der Waals surface area contributed by atoms with Crippen molar-refractivity contribution in [2.75, 3.05) is 0 Å². The van der Waals surface area contributed by atoms with E-state index in [-0.39, 0.29) is 6.04 Å². The number of rotatable bonds is 3. The molecule has 2 aromatic rings. The zero-order valence-electron chi connectivity index (χ0n) is 10.2. The summed E-state index contributed by atoms with van der Waals surface area (Å²) in [7, 11) is 0. The van der Waals surface area contributed by atoms with Crippen LogP contribution in [0.5, 0.6) is 0 Å². The van der Waals surface area contributed by atoms with Crippen LogP contribution < -0.4 is 5.73 Å². The SMILES string of the molecule is CC(C)n1cc(C(N)C(=O)O)c2cccc(Cl)c21. The number of hydrogen-bond acceptors (Lipinski definition) is 2. The van der Waals surface area contributed by atoms with Crippen LogP contribution in [0.15, 0.2) is 24.4 Å². The first-order valence-electron chi connectivity index (χ1n) is 5.70. The van der Waals surface area contributed by atoms with Gasteiger partial charge in [-0.15, -0.1) is 0 Å². The predicted octanol–water partition coefficient (Wildman–Crippen LogP) is 2.96. The van der Waals surface area contributed by atoms with E-state index in [4.69, 9.17) is 22.4 Å². The number of aromatic nitrogens is 1. The average Bonchev–Trinajstić information content (AvgIpc) is 2.69. The minimum absolute atomic E-state index is 0.183. The molecule has 1 heterocycles. The molecule has 5 heteroatoms. The maximum absolute atomic E-state index is 11.0. The number of benzene rings is 1. The van der Waals surface area contributed by atoms with Gasteiger partial charge in [-0.2, -0.15) is 0 Å². The monoisotopic (exact) mass is 266 g/mol. The Kier molecular flexibility index (Phi) is 3.32. The summed E-state index contributed by atoms with van der Waals surface area (Å²) in [6.07, 6.45) is 1.78. The Morgan fingerprint density at radius 1 is 1.44 bits per heavy atom. The third kappa shape index (κ3) is 1.98. The van der Waals surface area contributed by atoms with Gasteiger partial charge < -0.3 is 15.4 Å². The molecule has 0 saturated heterocycles. The second-order valence-electron chi connectivity index (χ2n) is 4.54. The van der Waals surface area contributed by atoms with Gasteiger partial charge in [0.25, 0.3) is 0 Å². The van der Waals surface area contributed by atoms with Crippen LogP contribution in [0, 0.1) is 0 Å². The van der Waals surface area contributed by atoms with Crippen molar-refractivity contribution in [3.8, 4) is 0 Å². The first-order valence-corrected chi connectivity index (χ1v) is 6.08. The molecule has 1 atom stereocenters. The van der Waals surface area contributed by atoms with Crippen molar-refractivity contribution < 1.29 is 9.90 Å². The van der Waals surface area contributed by atoms with Crippen LogP contribution in [0.1, 0.15) is 31.5 Å². The molecular weight excluding hydrogens is 252 g/mol. The van der Waals surface area contributed by atoms with E-state index < -0.39 is 12.0 Å². The molecule has 0 amide bonds. The smallest absolute Gasteiger partial charge is 0.325 e. The fourth-order valence-corrected chi connectivity index (χ4v) is 2.35. The molecule has 1 aromatic carbocycles. The number of halogens is 1. The molecule has 0 radical (unpaired) electrons. The molecule has 4 nitrogen and oxygen atoms in total. The van der Waals surface area contributed by atoms with Crippen molar-refractivity contribution in [3.05, 3.63) is 35.0 Å². The lowest BCUT2D eigenvalue weighted by Crippen LogP contribution is -2.20. The largest absolute Gasteiger partial charge is 0.480 e. The molecule has 2 rings (SSSR count). The van der Waals surface area contributed by atoms with Crippen molar-refractivity contribution >= 4 is 28.5 Å². The van der Waals surface area contributed by atoms with E-state index >= 15 is 0 Å².